The maximum Gasteiger partial charge on any atom is 0.357 e. The highest BCUT2D eigenvalue weighted by Gasteiger charge is 2.18. The molecule has 0 spiro atoms. The first-order valence-corrected chi connectivity index (χ1v) is 5.40. The molecule has 0 aliphatic heterocycles. The van der Waals surface area contributed by atoms with E-state index in [-0.39, 0.29) is 0 Å². The van der Waals surface area contributed by atoms with Crippen LogP contribution in [0.25, 0.3) is 10.9 Å². The Morgan fingerprint density at radius 2 is 2.00 bits per heavy atom. The van der Waals surface area contributed by atoms with E-state index >= 15 is 0 Å². The quantitative estimate of drug-likeness (QED) is 0.706. The minimum Gasteiger partial charge on any atom is -0.455 e. The van der Waals surface area contributed by atoms with Crippen LogP contribution < -0.4 is 0 Å². The molecule has 0 saturated heterocycles. The van der Waals surface area contributed by atoms with Crippen LogP contribution in [0.15, 0.2) is 30.6 Å². The highest BCUT2D eigenvalue weighted by atomic mass is 16.6. The van der Waals surface area contributed by atoms with E-state index in [2.05, 4.69) is 9.97 Å². The molecule has 17 heavy (non-hydrogen) atoms. The summed E-state index contributed by atoms with van der Waals surface area (Å²) >= 11 is 0. The molecule has 0 aromatic carbocycles. The van der Waals surface area contributed by atoms with Gasteiger partial charge in [0.1, 0.15) is 11.3 Å². The molecular weight excluding hydrogens is 216 g/mol. The standard InChI is InChI=1S/C13H14N2O2/c1-13(2,3)17-12(16)11-5-4-9-8-14-7-6-10(9)15-11/h4-8H,1-3H3. The van der Waals surface area contributed by atoms with Gasteiger partial charge in [0.15, 0.2) is 0 Å². The Morgan fingerprint density at radius 1 is 1.24 bits per heavy atom. The second-order valence-corrected chi connectivity index (χ2v) is 4.77. The average Bonchev–Trinajstić information content (AvgIpc) is 2.26. The topological polar surface area (TPSA) is 52.1 Å². The molecular formula is C13H14N2O2. The first-order chi connectivity index (χ1) is 7.96. The smallest absolute Gasteiger partial charge is 0.357 e. The molecule has 4 heteroatoms. The van der Waals surface area contributed by atoms with Gasteiger partial charge >= 0.3 is 5.97 Å². The molecule has 0 fully saturated rings. The lowest BCUT2D eigenvalue weighted by Gasteiger charge is -2.19. The summed E-state index contributed by atoms with van der Waals surface area (Å²) in [6.45, 7) is 5.49. The molecule has 2 aromatic rings. The van der Waals surface area contributed by atoms with Gasteiger partial charge in [-0.05, 0) is 39.0 Å². The van der Waals surface area contributed by atoms with E-state index in [1.54, 1.807) is 24.5 Å². The third-order valence-corrected chi connectivity index (χ3v) is 2.10. The number of nitrogens with zero attached hydrogens (tertiary/aromatic N) is 2. The molecule has 0 aliphatic carbocycles. The summed E-state index contributed by atoms with van der Waals surface area (Å²) in [4.78, 5) is 20.0. The Kier molecular flexibility index (Phi) is 2.79. The summed E-state index contributed by atoms with van der Waals surface area (Å²) in [5.41, 5.74) is 0.549. The predicted molar refractivity (Wildman–Crippen MR) is 64.7 cm³/mol. The maximum absolute atomic E-state index is 11.8. The molecule has 0 unspecified atom stereocenters. The van der Waals surface area contributed by atoms with Gasteiger partial charge in [-0.1, -0.05) is 0 Å². The zero-order chi connectivity index (χ0) is 12.5. The first-order valence-electron chi connectivity index (χ1n) is 5.40. The summed E-state index contributed by atoms with van der Waals surface area (Å²) < 4.78 is 5.26. The van der Waals surface area contributed by atoms with Gasteiger partial charge in [-0.2, -0.15) is 0 Å². The Morgan fingerprint density at radius 3 is 2.71 bits per heavy atom. The number of esters is 1. The van der Waals surface area contributed by atoms with Crippen LogP contribution in [-0.4, -0.2) is 21.5 Å². The fraction of sp³-hybridized carbons (Fsp3) is 0.308. The van der Waals surface area contributed by atoms with Crippen molar-refractivity contribution in [2.45, 2.75) is 26.4 Å². The molecule has 2 aromatic heterocycles. The van der Waals surface area contributed by atoms with Gasteiger partial charge < -0.3 is 4.74 Å². The largest absolute Gasteiger partial charge is 0.455 e. The fourth-order valence-corrected chi connectivity index (χ4v) is 1.41. The van der Waals surface area contributed by atoms with Crippen molar-refractivity contribution in [1.29, 1.82) is 0 Å². The lowest BCUT2D eigenvalue weighted by Crippen LogP contribution is -2.24. The van der Waals surface area contributed by atoms with Crippen LogP contribution in [0.1, 0.15) is 31.3 Å². The van der Waals surface area contributed by atoms with E-state index in [9.17, 15) is 4.79 Å². The minimum absolute atomic E-state index is 0.318. The third kappa shape index (κ3) is 2.78. The van der Waals surface area contributed by atoms with Gasteiger partial charge in [-0.3, -0.25) is 4.98 Å². The van der Waals surface area contributed by atoms with Crippen molar-refractivity contribution in [1.82, 2.24) is 9.97 Å². The molecule has 0 bridgehead atoms. The monoisotopic (exact) mass is 230 g/mol. The second-order valence-electron chi connectivity index (χ2n) is 4.77. The van der Waals surface area contributed by atoms with Crippen molar-refractivity contribution in [2.75, 3.05) is 0 Å². The van der Waals surface area contributed by atoms with E-state index in [1.165, 1.54) is 0 Å². The average molecular weight is 230 g/mol. The van der Waals surface area contributed by atoms with Crippen molar-refractivity contribution in [3.63, 3.8) is 0 Å². The van der Waals surface area contributed by atoms with E-state index in [4.69, 9.17) is 4.74 Å². The second kappa shape index (κ2) is 4.13. The minimum atomic E-state index is -0.508. The van der Waals surface area contributed by atoms with Crippen molar-refractivity contribution >= 4 is 16.9 Å². The number of fused-ring (bicyclic) bond motifs is 1. The summed E-state index contributed by atoms with van der Waals surface area (Å²) in [5.74, 6) is -0.406. The van der Waals surface area contributed by atoms with Gasteiger partial charge in [0.2, 0.25) is 0 Å². The Balaban J connectivity index is 2.33. The molecule has 0 saturated carbocycles. The number of hydrogen-bond acceptors (Lipinski definition) is 4. The summed E-state index contributed by atoms with van der Waals surface area (Å²) in [7, 11) is 0. The van der Waals surface area contributed by atoms with Crippen LogP contribution in [0.5, 0.6) is 0 Å². The molecule has 2 rings (SSSR count). The first kappa shape index (κ1) is 11.5. The van der Waals surface area contributed by atoms with Gasteiger partial charge in [0, 0.05) is 17.8 Å². The lowest BCUT2D eigenvalue weighted by atomic mass is 10.2. The lowest BCUT2D eigenvalue weighted by molar-refractivity contribution is 0.00633. The summed E-state index contributed by atoms with van der Waals surface area (Å²) in [6, 6.07) is 5.23. The normalized spacial score (nSPS) is 11.5. The Bertz CT molecular complexity index is 559. The van der Waals surface area contributed by atoms with Crippen LogP contribution in [0.4, 0.5) is 0 Å². The van der Waals surface area contributed by atoms with Crippen molar-refractivity contribution < 1.29 is 9.53 Å². The highest BCUT2D eigenvalue weighted by molar-refractivity contribution is 5.90. The molecule has 4 nitrogen and oxygen atoms in total. The number of rotatable bonds is 1. The number of hydrogen-bond donors (Lipinski definition) is 0. The van der Waals surface area contributed by atoms with Crippen molar-refractivity contribution in [3.8, 4) is 0 Å². The predicted octanol–water partition coefficient (Wildman–Crippen LogP) is 2.59. The molecule has 0 amide bonds. The van der Waals surface area contributed by atoms with E-state index in [0.29, 0.717) is 5.69 Å². The van der Waals surface area contributed by atoms with Crippen molar-refractivity contribution in [2.24, 2.45) is 0 Å². The maximum atomic E-state index is 11.8. The third-order valence-electron chi connectivity index (χ3n) is 2.10. The summed E-state index contributed by atoms with van der Waals surface area (Å²) in [5, 5.41) is 0.903. The molecule has 2 heterocycles. The van der Waals surface area contributed by atoms with Crippen LogP contribution in [0.2, 0.25) is 0 Å². The number of ether oxygens (including phenoxy) is 1. The van der Waals surface area contributed by atoms with Crippen LogP contribution >= 0.6 is 0 Å². The van der Waals surface area contributed by atoms with Gasteiger partial charge in [-0.15, -0.1) is 0 Å². The van der Waals surface area contributed by atoms with Crippen LogP contribution in [0, 0.1) is 0 Å². The molecule has 0 radical (unpaired) electrons. The number of aromatic nitrogens is 2. The molecule has 0 aliphatic rings. The zero-order valence-corrected chi connectivity index (χ0v) is 10.1. The SMILES string of the molecule is CC(C)(C)OC(=O)c1ccc2cnccc2n1. The fourth-order valence-electron chi connectivity index (χ4n) is 1.41. The molecule has 0 N–H and O–H groups in total. The molecule has 88 valence electrons. The van der Waals surface area contributed by atoms with Crippen molar-refractivity contribution in [3.05, 3.63) is 36.3 Å². The van der Waals surface area contributed by atoms with Gasteiger partial charge in [0.25, 0.3) is 0 Å². The highest BCUT2D eigenvalue weighted by Crippen LogP contribution is 2.14. The number of carbonyl (C=O) groups excluding carboxylic acids is 1. The Labute approximate surface area is 99.7 Å². The van der Waals surface area contributed by atoms with E-state index in [1.807, 2.05) is 26.8 Å². The summed E-state index contributed by atoms with van der Waals surface area (Å²) in [6.07, 6.45) is 3.36. The van der Waals surface area contributed by atoms with E-state index < -0.39 is 11.6 Å². The Hall–Kier alpha value is -1.97. The van der Waals surface area contributed by atoms with Gasteiger partial charge in [-0.25, -0.2) is 9.78 Å². The van der Waals surface area contributed by atoms with Crippen LogP contribution in [0.3, 0.4) is 0 Å². The van der Waals surface area contributed by atoms with Gasteiger partial charge in [0.05, 0.1) is 5.52 Å². The number of pyridine rings is 2. The van der Waals surface area contributed by atoms with E-state index in [0.717, 1.165) is 10.9 Å². The number of carbonyl (C=O) groups is 1. The molecule has 0 atom stereocenters. The zero-order valence-electron chi connectivity index (χ0n) is 10.1. The van der Waals surface area contributed by atoms with Crippen LogP contribution in [-0.2, 0) is 4.74 Å².